The third kappa shape index (κ3) is 6.47. The molecule has 0 aliphatic carbocycles. The first kappa shape index (κ1) is 33.8. The van der Waals surface area contributed by atoms with Gasteiger partial charge in [0.15, 0.2) is 17.5 Å². The molecular formula is C52H34N4O. The van der Waals surface area contributed by atoms with Crippen LogP contribution in [0.25, 0.3) is 94.9 Å². The Morgan fingerprint density at radius 3 is 1.26 bits per heavy atom. The van der Waals surface area contributed by atoms with Crippen molar-refractivity contribution in [1.29, 1.82) is 0 Å². The van der Waals surface area contributed by atoms with E-state index in [0.717, 1.165) is 72.0 Å². The Morgan fingerprint density at radius 2 is 0.719 bits per heavy atom. The number of hydrogen-bond acceptors (Lipinski definition) is 4. The van der Waals surface area contributed by atoms with Crippen LogP contribution in [0, 0.1) is 0 Å². The minimum atomic E-state index is -0.0899. The highest BCUT2D eigenvalue weighted by Crippen LogP contribution is 2.33. The average molecular weight is 731 g/mol. The van der Waals surface area contributed by atoms with E-state index in [0.29, 0.717) is 22.9 Å². The summed E-state index contributed by atoms with van der Waals surface area (Å²) in [4.78, 5) is 29.9. The van der Waals surface area contributed by atoms with Gasteiger partial charge in [0.25, 0.3) is 5.56 Å². The molecule has 2 heterocycles. The number of hydrogen-bond donors (Lipinski definition) is 0. The highest BCUT2D eigenvalue weighted by molar-refractivity contribution is 6.07. The first-order valence-corrected chi connectivity index (χ1v) is 19.0. The molecule has 8 aromatic carbocycles. The van der Waals surface area contributed by atoms with Gasteiger partial charge in [-0.25, -0.2) is 15.0 Å². The predicted octanol–water partition coefficient (Wildman–Crippen LogP) is 12.3. The van der Waals surface area contributed by atoms with E-state index in [1.807, 2.05) is 132 Å². The fraction of sp³-hybridized carbons (Fsp3) is 0. The van der Waals surface area contributed by atoms with Crippen LogP contribution in [-0.2, 0) is 0 Å². The molecule has 0 amide bonds. The van der Waals surface area contributed by atoms with Gasteiger partial charge in [-0.2, -0.15) is 0 Å². The molecule has 0 radical (unpaired) electrons. The number of benzene rings is 8. The SMILES string of the molecule is O=c1c2ccc(-c3nc(-c4cccc(-c5ccccc5)c4)nc(-c4cccc(-c5ccccc5)c4)n3)cc2c2ccccc2n1-c1cccc(-c2ccccc2)c1. The van der Waals surface area contributed by atoms with Gasteiger partial charge in [0, 0.05) is 33.2 Å². The summed E-state index contributed by atoms with van der Waals surface area (Å²) >= 11 is 0. The second kappa shape index (κ2) is 14.5. The maximum atomic E-state index is 14.5. The van der Waals surface area contributed by atoms with Gasteiger partial charge in [-0.1, -0.05) is 164 Å². The Balaban J connectivity index is 1.15. The van der Waals surface area contributed by atoms with Gasteiger partial charge in [-0.05, 0) is 81.2 Å². The van der Waals surface area contributed by atoms with Gasteiger partial charge >= 0.3 is 0 Å². The third-order valence-corrected chi connectivity index (χ3v) is 10.4. The van der Waals surface area contributed by atoms with Gasteiger partial charge < -0.3 is 0 Å². The van der Waals surface area contributed by atoms with E-state index in [-0.39, 0.29) is 5.56 Å². The molecule has 268 valence electrons. The highest BCUT2D eigenvalue weighted by atomic mass is 16.1. The number of aromatic nitrogens is 4. The Morgan fingerprint density at radius 1 is 0.298 bits per heavy atom. The standard InChI is InChI=1S/C52H34N4O/c57-52-46-30-29-43(34-47(46)45-27-10-11-28-48(45)56(52)44-26-14-23-40(33-44)37-19-8-3-9-20-37)51-54-49(41-24-12-21-38(31-41)35-15-4-1-5-16-35)53-50(55-51)42-25-13-22-39(32-42)36-17-6-2-7-18-36/h1-34H. The molecule has 5 nitrogen and oxygen atoms in total. The average Bonchev–Trinajstić information content (AvgIpc) is 3.30. The summed E-state index contributed by atoms with van der Waals surface area (Å²) in [6.07, 6.45) is 0. The molecule has 0 saturated carbocycles. The second-order valence-electron chi connectivity index (χ2n) is 14.0. The van der Waals surface area contributed by atoms with Crippen molar-refractivity contribution in [2.45, 2.75) is 0 Å². The lowest BCUT2D eigenvalue weighted by Crippen LogP contribution is -2.19. The molecule has 10 aromatic rings. The highest BCUT2D eigenvalue weighted by Gasteiger charge is 2.17. The van der Waals surface area contributed by atoms with Crippen LogP contribution in [0.15, 0.2) is 211 Å². The number of fused-ring (bicyclic) bond motifs is 3. The number of para-hydroxylation sites is 1. The van der Waals surface area contributed by atoms with E-state index in [2.05, 4.69) is 78.9 Å². The van der Waals surface area contributed by atoms with Crippen molar-refractivity contribution >= 4 is 21.7 Å². The second-order valence-corrected chi connectivity index (χ2v) is 14.0. The monoisotopic (exact) mass is 730 g/mol. The molecule has 0 aliphatic heterocycles. The molecule has 0 fully saturated rings. The van der Waals surface area contributed by atoms with Crippen molar-refractivity contribution in [2.24, 2.45) is 0 Å². The zero-order valence-electron chi connectivity index (χ0n) is 30.8. The van der Waals surface area contributed by atoms with Gasteiger partial charge in [0.05, 0.1) is 5.52 Å². The summed E-state index contributed by atoms with van der Waals surface area (Å²) in [5.74, 6) is 1.66. The van der Waals surface area contributed by atoms with Gasteiger partial charge in [0.2, 0.25) is 0 Å². The third-order valence-electron chi connectivity index (χ3n) is 10.4. The van der Waals surface area contributed by atoms with Crippen LogP contribution >= 0.6 is 0 Å². The summed E-state index contributed by atoms with van der Waals surface area (Å²) < 4.78 is 1.82. The van der Waals surface area contributed by atoms with Crippen LogP contribution < -0.4 is 5.56 Å². The van der Waals surface area contributed by atoms with E-state index >= 15 is 0 Å². The molecule has 0 N–H and O–H groups in total. The fourth-order valence-corrected chi connectivity index (χ4v) is 7.63. The van der Waals surface area contributed by atoms with Gasteiger partial charge in [-0.3, -0.25) is 9.36 Å². The van der Waals surface area contributed by atoms with Crippen LogP contribution in [0.2, 0.25) is 0 Å². The lowest BCUT2D eigenvalue weighted by molar-refractivity contribution is 1.06. The smallest absolute Gasteiger partial charge is 0.263 e. The number of rotatable bonds is 7. The van der Waals surface area contributed by atoms with Crippen LogP contribution in [0.1, 0.15) is 0 Å². The maximum absolute atomic E-state index is 14.5. The number of nitrogens with zero attached hydrogens (tertiary/aromatic N) is 4. The molecule has 2 aromatic heterocycles. The Hall–Kier alpha value is -7.76. The Labute approximate surface area is 329 Å². The molecule has 0 atom stereocenters. The normalized spacial score (nSPS) is 11.2. The molecule has 10 rings (SSSR count). The summed E-state index contributed by atoms with van der Waals surface area (Å²) in [6, 6.07) is 69.6. The minimum absolute atomic E-state index is 0.0899. The van der Waals surface area contributed by atoms with Crippen LogP contribution in [0.5, 0.6) is 0 Å². The maximum Gasteiger partial charge on any atom is 0.263 e. The fourth-order valence-electron chi connectivity index (χ4n) is 7.63. The van der Waals surface area contributed by atoms with E-state index in [9.17, 15) is 4.79 Å². The Kier molecular flexibility index (Phi) is 8.58. The molecule has 5 heteroatoms. The van der Waals surface area contributed by atoms with E-state index in [1.54, 1.807) is 0 Å². The molecule has 0 unspecified atom stereocenters. The molecule has 0 saturated heterocycles. The van der Waals surface area contributed by atoms with Crippen LogP contribution in [0.4, 0.5) is 0 Å². The Bertz CT molecular complexity index is 3040. The summed E-state index contributed by atoms with van der Waals surface area (Å²) in [7, 11) is 0. The molecule has 0 spiro atoms. The minimum Gasteiger partial charge on any atom is -0.276 e. The zero-order valence-corrected chi connectivity index (χ0v) is 30.8. The van der Waals surface area contributed by atoms with Crippen molar-refractivity contribution in [3.63, 3.8) is 0 Å². The van der Waals surface area contributed by atoms with E-state index < -0.39 is 0 Å². The van der Waals surface area contributed by atoms with Crippen LogP contribution in [-0.4, -0.2) is 19.5 Å². The largest absolute Gasteiger partial charge is 0.276 e. The van der Waals surface area contributed by atoms with Crippen molar-refractivity contribution in [3.05, 3.63) is 217 Å². The topological polar surface area (TPSA) is 60.7 Å². The van der Waals surface area contributed by atoms with Gasteiger partial charge in [0.1, 0.15) is 0 Å². The first-order valence-electron chi connectivity index (χ1n) is 19.0. The number of pyridine rings is 1. The summed E-state index contributed by atoms with van der Waals surface area (Å²) in [5.41, 5.74) is 10.6. The zero-order chi connectivity index (χ0) is 38.1. The molecule has 0 aliphatic rings. The summed E-state index contributed by atoms with van der Waals surface area (Å²) in [5, 5.41) is 2.41. The van der Waals surface area contributed by atoms with E-state index in [1.165, 1.54) is 0 Å². The van der Waals surface area contributed by atoms with Crippen LogP contribution in [0.3, 0.4) is 0 Å². The first-order chi connectivity index (χ1) is 28.2. The quantitative estimate of drug-likeness (QED) is 0.153. The van der Waals surface area contributed by atoms with Crippen molar-refractivity contribution in [1.82, 2.24) is 19.5 Å². The molecule has 0 bridgehead atoms. The predicted molar refractivity (Wildman–Crippen MR) is 233 cm³/mol. The van der Waals surface area contributed by atoms with Crippen molar-refractivity contribution in [2.75, 3.05) is 0 Å². The lowest BCUT2D eigenvalue weighted by atomic mass is 10.0. The van der Waals surface area contributed by atoms with Crippen molar-refractivity contribution in [3.8, 4) is 73.2 Å². The van der Waals surface area contributed by atoms with Crippen molar-refractivity contribution < 1.29 is 0 Å². The molecule has 57 heavy (non-hydrogen) atoms. The van der Waals surface area contributed by atoms with Gasteiger partial charge in [-0.15, -0.1) is 0 Å². The molecular weight excluding hydrogens is 697 g/mol. The lowest BCUT2D eigenvalue weighted by Gasteiger charge is -2.15. The summed E-state index contributed by atoms with van der Waals surface area (Å²) in [6.45, 7) is 0. The van der Waals surface area contributed by atoms with E-state index in [4.69, 9.17) is 15.0 Å².